The molecule has 2 aliphatic rings. The lowest BCUT2D eigenvalue weighted by molar-refractivity contribution is -0.133. The Bertz CT molecular complexity index is 850. The van der Waals surface area contributed by atoms with Gasteiger partial charge in [-0.2, -0.15) is 0 Å². The molecule has 2 aromatic heterocycles. The van der Waals surface area contributed by atoms with E-state index in [1.54, 1.807) is 29.4 Å². The predicted octanol–water partition coefficient (Wildman–Crippen LogP) is 3.12. The van der Waals surface area contributed by atoms with Gasteiger partial charge in [0, 0.05) is 50.1 Å². The van der Waals surface area contributed by atoms with Crippen molar-refractivity contribution in [2.24, 2.45) is 11.8 Å². The number of carbonyl (C=O) groups excluding carboxylic acids is 1. The number of piperidine rings is 1. The highest BCUT2D eigenvalue weighted by Gasteiger charge is 2.26. The van der Waals surface area contributed by atoms with Crippen LogP contribution >= 0.6 is 0 Å². The molecule has 1 amide bonds. The Morgan fingerprint density at radius 3 is 2.57 bits per heavy atom. The quantitative estimate of drug-likeness (QED) is 0.799. The van der Waals surface area contributed by atoms with E-state index in [0.717, 1.165) is 37.9 Å². The molecule has 3 heterocycles. The molecule has 0 unspecified atom stereocenters. The summed E-state index contributed by atoms with van der Waals surface area (Å²) < 4.78 is 1.69. The van der Waals surface area contributed by atoms with Crippen molar-refractivity contribution >= 4 is 5.91 Å². The smallest absolute Gasteiger partial charge is 0.253 e. The van der Waals surface area contributed by atoms with Crippen LogP contribution in [-0.2, 0) is 11.3 Å². The molecule has 0 atom stereocenters. The van der Waals surface area contributed by atoms with Gasteiger partial charge in [0.2, 0.25) is 5.91 Å². The van der Waals surface area contributed by atoms with Crippen LogP contribution in [0, 0.1) is 11.8 Å². The lowest BCUT2D eigenvalue weighted by atomic mass is 9.95. The number of hydrogen-bond acceptors (Lipinski definition) is 4. The van der Waals surface area contributed by atoms with Crippen LogP contribution in [0.4, 0.5) is 0 Å². The van der Waals surface area contributed by atoms with E-state index in [9.17, 15) is 9.59 Å². The second kappa shape index (κ2) is 8.67. The van der Waals surface area contributed by atoms with Crippen LogP contribution < -0.4 is 5.56 Å². The highest BCUT2D eigenvalue weighted by atomic mass is 16.2. The molecule has 1 saturated carbocycles. The number of aromatic nitrogens is 3. The average Bonchev–Trinajstić information content (AvgIpc) is 3.24. The molecule has 0 aromatic carbocycles. The van der Waals surface area contributed by atoms with Gasteiger partial charge in [-0.3, -0.25) is 19.1 Å². The summed E-state index contributed by atoms with van der Waals surface area (Å²) in [5, 5.41) is 0. The van der Waals surface area contributed by atoms with Crippen LogP contribution in [-0.4, -0.2) is 38.4 Å². The zero-order valence-corrected chi connectivity index (χ0v) is 16.3. The van der Waals surface area contributed by atoms with Crippen LogP contribution in [0.5, 0.6) is 0 Å². The SMILES string of the molecule is O=C(CC1CCCC1)N1CCC(Cn2cnc(-c3cccnc3)cc2=O)CC1. The van der Waals surface area contributed by atoms with Crippen LogP contribution in [0.1, 0.15) is 44.9 Å². The first-order valence-electron chi connectivity index (χ1n) is 10.4. The first-order chi connectivity index (χ1) is 13.7. The van der Waals surface area contributed by atoms with Gasteiger partial charge < -0.3 is 4.90 Å². The maximum atomic E-state index is 12.5. The lowest BCUT2D eigenvalue weighted by Gasteiger charge is -2.32. The molecule has 0 bridgehead atoms. The summed E-state index contributed by atoms with van der Waals surface area (Å²) in [6.07, 6.45) is 12.7. The van der Waals surface area contributed by atoms with Gasteiger partial charge >= 0.3 is 0 Å². The molecule has 6 nitrogen and oxygen atoms in total. The number of carbonyl (C=O) groups is 1. The van der Waals surface area contributed by atoms with Crippen LogP contribution in [0.25, 0.3) is 11.3 Å². The van der Waals surface area contributed by atoms with Gasteiger partial charge in [-0.15, -0.1) is 0 Å². The van der Waals surface area contributed by atoms with Crippen molar-refractivity contribution in [1.29, 1.82) is 0 Å². The monoisotopic (exact) mass is 380 g/mol. The zero-order valence-electron chi connectivity index (χ0n) is 16.3. The normalized spacial score (nSPS) is 18.5. The fraction of sp³-hybridized carbons (Fsp3) is 0.545. The second-order valence-electron chi connectivity index (χ2n) is 8.19. The summed E-state index contributed by atoms with van der Waals surface area (Å²) in [5.74, 6) is 1.34. The summed E-state index contributed by atoms with van der Waals surface area (Å²) in [6, 6.07) is 5.32. The molecule has 0 spiro atoms. The standard InChI is InChI=1S/C22H28N4O2/c27-21(12-17-4-1-2-5-17)25-10-7-18(8-11-25)15-26-16-24-20(13-22(26)28)19-6-3-9-23-14-19/h3,6,9,13-14,16-18H,1-2,4-5,7-8,10-12,15H2. The van der Waals surface area contributed by atoms with Crippen LogP contribution in [0.2, 0.25) is 0 Å². The van der Waals surface area contributed by atoms with Crippen molar-refractivity contribution in [3.05, 3.63) is 47.3 Å². The summed E-state index contributed by atoms with van der Waals surface area (Å²) in [7, 11) is 0. The Balaban J connectivity index is 1.31. The van der Waals surface area contributed by atoms with E-state index < -0.39 is 0 Å². The Hall–Kier alpha value is -2.50. The summed E-state index contributed by atoms with van der Waals surface area (Å²) >= 11 is 0. The topological polar surface area (TPSA) is 68.1 Å². The first kappa shape index (κ1) is 18.8. The van der Waals surface area contributed by atoms with E-state index in [1.807, 2.05) is 17.0 Å². The van der Waals surface area contributed by atoms with Crippen molar-refractivity contribution < 1.29 is 4.79 Å². The number of rotatable bonds is 5. The third-order valence-corrected chi connectivity index (χ3v) is 6.20. The summed E-state index contributed by atoms with van der Waals surface area (Å²) in [6.45, 7) is 2.29. The number of nitrogens with zero attached hydrogens (tertiary/aromatic N) is 4. The fourth-order valence-corrected chi connectivity index (χ4v) is 4.47. The van der Waals surface area contributed by atoms with Gasteiger partial charge in [0.25, 0.3) is 5.56 Å². The Kier molecular flexibility index (Phi) is 5.84. The molecular weight excluding hydrogens is 352 g/mol. The second-order valence-corrected chi connectivity index (χ2v) is 8.19. The molecule has 148 valence electrons. The van der Waals surface area contributed by atoms with Gasteiger partial charge in [-0.25, -0.2) is 4.98 Å². The Morgan fingerprint density at radius 1 is 1.11 bits per heavy atom. The van der Waals surface area contributed by atoms with Gasteiger partial charge in [-0.05, 0) is 49.7 Å². The predicted molar refractivity (Wildman–Crippen MR) is 108 cm³/mol. The lowest BCUT2D eigenvalue weighted by Crippen LogP contribution is -2.40. The molecule has 2 aromatic rings. The average molecular weight is 380 g/mol. The van der Waals surface area contributed by atoms with Gasteiger partial charge in [-0.1, -0.05) is 12.8 Å². The maximum Gasteiger partial charge on any atom is 0.253 e. The van der Waals surface area contributed by atoms with E-state index in [0.29, 0.717) is 30.0 Å². The van der Waals surface area contributed by atoms with Gasteiger partial charge in [0.05, 0.1) is 12.0 Å². The molecule has 1 aliphatic carbocycles. The number of hydrogen-bond donors (Lipinski definition) is 0. The van der Waals surface area contributed by atoms with Crippen LogP contribution in [0.3, 0.4) is 0 Å². The zero-order chi connectivity index (χ0) is 19.3. The minimum atomic E-state index is -0.0337. The highest BCUT2D eigenvalue weighted by molar-refractivity contribution is 5.76. The molecule has 0 N–H and O–H groups in total. The Labute approximate surface area is 165 Å². The molecule has 2 fully saturated rings. The molecule has 1 aliphatic heterocycles. The highest BCUT2D eigenvalue weighted by Crippen LogP contribution is 2.29. The van der Waals surface area contributed by atoms with E-state index in [-0.39, 0.29) is 5.56 Å². The van der Waals surface area contributed by atoms with E-state index in [2.05, 4.69) is 9.97 Å². The minimum absolute atomic E-state index is 0.0337. The van der Waals surface area contributed by atoms with Crippen molar-refractivity contribution in [3.8, 4) is 11.3 Å². The molecule has 0 radical (unpaired) electrons. The third kappa shape index (κ3) is 4.49. The molecule has 28 heavy (non-hydrogen) atoms. The number of pyridine rings is 1. The van der Waals surface area contributed by atoms with E-state index in [1.165, 1.54) is 25.7 Å². The van der Waals surface area contributed by atoms with E-state index >= 15 is 0 Å². The van der Waals surface area contributed by atoms with Crippen molar-refractivity contribution in [1.82, 2.24) is 19.4 Å². The van der Waals surface area contributed by atoms with Crippen molar-refractivity contribution in [2.75, 3.05) is 13.1 Å². The van der Waals surface area contributed by atoms with Crippen LogP contribution in [0.15, 0.2) is 41.7 Å². The molecular formula is C22H28N4O2. The number of likely N-dealkylation sites (tertiary alicyclic amines) is 1. The number of amides is 1. The largest absolute Gasteiger partial charge is 0.343 e. The summed E-state index contributed by atoms with van der Waals surface area (Å²) in [5.41, 5.74) is 1.47. The summed E-state index contributed by atoms with van der Waals surface area (Å²) in [4.78, 5) is 35.5. The van der Waals surface area contributed by atoms with Gasteiger partial charge in [0.1, 0.15) is 0 Å². The van der Waals surface area contributed by atoms with E-state index in [4.69, 9.17) is 0 Å². The van der Waals surface area contributed by atoms with Crippen molar-refractivity contribution in [3.63, 3.8) is 0 Å². The first-order valence-corrected chi connectivity index (χ1v) is 10.4. The van der Waals surface area contributed by atoms with Crippen molar-refractivity contribution in [2.45, 2.75) is 51.5 Å². The molecule has 6 heteroatoms. The Morgan fingerprint density at radius 2 is 1.89 bits per heavy atom. The molecule has 1 saturated heterocycles. The third-order valence-electron chi connectivity index (χ3n) is 6.20. The fourth-order valence-electron chi connectivity index (χ4n) is 4.47. The maximum absolute atomic E-state index is 12.5. The minimum Gasteiger partial charge on any atom is -0.343 e. The molecule has 4 rings (SSSR count). The van der Waals surface area contributed by atoms with Gasteiger partial charge in [0.15, 0.2) is 0 Å².